The molecule has 0 radical (unpaired) electrons. The van der Waals surface area contributed by atoms with E-state index in [1.165, 1.54) is 6.26 Å². The van der Waals surface area contributed by atoms with Crippen molar-refractivity contribution in [2.45, 2.75) is 37.0 Å². The van der Waals surface area contributed by atoms with Gasteiger partial charge in [0.25, 0.3) is 0 Å². The van der Waals surface area contributed by atoms with Gasteiger partial charge in [-0.05, 0) is 37.0 Å². The Hall–Kier alpha value is -1.36. The first-order chi connectivity index (χ1) is 8.83. The SMILES string of the molecule is CS(=O)(=O)c1ccc(CC2(C(N)=O)CCCC2)cc1. The number of rotatable bonds is 4. The van der Waals surface area contributed by atoms with Crippen molar-refractivity contribution in [1.82, 2.24) is 0 Å². The highest BCUT2D eigenvalue weighted by Crippen LogP contribution is 2.40. The van der Waals surface area contributed by atoms with E-state index in [0.717, 1.165) is 31.2 Å². The second kappa shape index (κ2) is 4.96. The van der Waals surface area contributed by atoms with E-state index < -0.39 is 15.3 Å². The number of carbonyl (C=O) groups is 1. The molecule has 1 amide bonds. The molecule has 0 heterocycles. The molecule has 0 unspecified atom stereocenters. The van der Waals surface area contributed by atoms with Crippen LogP contribution in [0.5, 0.6) is 0 Å². The van der Waals surface area contributed by atoms with Crippen molar-refractivity contribution in [2.75, 3.05) is 6.26 Å². The average Bonchev–Trinajstić information content (AvgIpc) is 2.78. The fraction of sp³-hybridized carbons (Fsp3) is 0.500. The maximum Gasteiger partial charge on any atom is 0.223 e. The number of hydrogen-bond donors (Lipinski definition) is 1. The predicted octanol–water partition coefficient (Wildman–Crippen LogP) is 1.68. The Morgan fingerprint density at radius 2 is 1.74 bits per heavy atom. The summed E-state index contributed by atoms with van der Waals surface area (Å²) in [4.78, 5) is 12.0. The van der Waals surface area contributed by atoms with E-state index in [9.17, 15) is 13.2 Å². The lowest BCUT2D eigenvalue weighted by Gasteiger charge is -2.25. The Balaban J connectivity index is 2.22. The lowest BCUT2D eigenvalue weighted by molar-refractivity contribution is -0.127. The monoisotopic (exact) mass is 281 g/mol. The Morgan fingerprint density at radius 1 is 1.21 bits per heavy atom. The van der Waals surface area contributed by atoms with Crippen LogP contribution < -0.4 is 5.73 Å². The van der Waals surface area contributed by atoms with Gasteiger partial charge in [0.15, 0.2) is 9.84 Å². The summed E-state index contributed by atoms with van der Waals surface area (Å²) in [6.07, 6.45) is 5.51. The zero-order valence-corrected chi connectivity index (χ0v) is 11.9. The third-order valence-corrected chi connectivity index (χ3v) is 5.11. The molecule has 2 N–H and O–H groups in total. The molecule has 1 aliphatic carbocycles. The molecule has 0 saturated heterocycles. The average molecular weight is 281 g/mol. The van der Waals surface area contributed by atoms with Crippen LogP contribution in [-0.4, -0.2) is 20.6 Å². The van der Waals surface area contributed by atoms with Crippen LogP contribution >= 0.6 is 0 Å². The molecule has 5 heteroatoms. The minimum Gasteiger partial charge on any atom is -0.369 e. The number of nitrogens with two attached hydrogens (primary N) is 1. The smallest absolute Gasteiger partial charge is 0.223 e. The molecule has 1 aromatic rings. The van der Waals surface area contributed by atoms with Gasteiger partial charge >= 0.3 is 0 Å². The van der Waals surface area contributed by atoms with E-state index in [1.54, 1.807) is 24.3 Å². The zero-order chi connectivity index (χ0) is 14.1. The summed E-state index contributed by atoms with van der Waals surface area (Å²) in [5, 5.41) is 0. The second-order valence-electron chi connectivity index (χ2n) is 5.44. The van der Waals surface area contributed by atoms with Gasteiger partial charge in [0.2, 0.25) is 5.91 Å². The summed E-state index contributed by atoms with van der Waals surface area (Å²) in [5.74, 6) is -0.239. The van der Waals surface area contributed by atoms with Gasteiger partial charge in [-0.15, -0.1) is 0 Å². The molecular formula is C14H19NO3S. The molecule has 2 rings (SSSR count). The van der Waals surface area contributed by atoms with E-state index >= 15 is 0 Å². The van der Waals surface area contributed by atoms with Gasteiger partial charge in [-0.25, -0.2) is 8.42 Å². The van der Waals surface area contributed by atoms with Crippen molar-refractivity contribution >= 4 is 15.7 Å². The van der Waals surface area contributed by atoms with Gasteiger partial charge in [-0.3, -0.25) is 4.79 Å². The van der Waals surface area contributed by atoms with Gasteiger partial charge in [0.1, 0.15) is 0 Å². The van der Waals surface area contributed by atoms with Crippen LogP contribution in [0.2, 0.25) is 0 Å². The third-order valence-electron chi connectivity index (χ3n) is 3.98. The van der Waals surface area contributed by atoms with Crippen molar-refractivity contribution in [1.29, 1.82) is 0 Å². The highest BCUT2D eigenvalue weighted by molar-refractivity contribution is 7.90. The van der Waals surface area contributed by atoms with Crippen molar-refractivity contribution in [2.24, 2.45) is 11.1 Å². The molecule has 4 nitrogen and oxygen atoms in total. The Labute approximate surface area is 113 Å². The van der Waals surface area contributed by atoms with Crippen molar-refractivity contribution in [3.8, 4) is 0 Å². The first-order valence-corrected chi connectivity index (χ1v) is 8.32. The first-order valence-electron chi connectivity index (χ1n) is 6.42. The molecule has 0 atom stereocenters. The lowest BCUT2D eigenvalue weighted by atomic mass is 9.79. The van der Waals surface area contributed by atoms with E-state index in [-0.39, 0.29) is 5.91 Å². The second-order valence-corrected chi connectivity index (χ2v) is 7.46. The Bertz CT molecular complexity index is 569. The summed E-state index contributed by atoms with van der Waals surface area (Å²) in [5.41, 5.74) is 6.07. The molecule has 19 heavy (non-hydrogen) atoms. The van der Waals surface area contributed by atoms with Crippen LogP contribution in [-0.2, 0) is 21.1 Å². The fourth-order valence-electron chi connectivity index (χ4n) is 2.81. The van der Waals surface area contributed by atoms with Gasteiger partial charge in [0, 0.05) is 6.26 Å². The number of carbonyl (C=O) groups excluding carboxylic acids is 1. The molecule has 1 fully saturated rings. The molecule has 0 aliphatic heterocycles. The van der Waals surface area contributed by atoms with Crippen LogP contribution in [0.25, 0.3) is 0 Å². The van der Waals surface area contributed by atoms with Crippen molar-refractivity contribution in [3.63, 3.8) is 0 Å². The topological polar surface area (TPSA) is 77.2 Å². The standard InChI is InChI=1S/C14H19NO3S/c1-19(17,18)12-6-4-11(5-7-12)10-14(13(15)16)8-2-3-9-14/h4-7H,2-3,8-10H2,1H3,(H2,15,16). The molecule has 1 aliphatic rings. The Kier molecular flexibility index (Phi) is 3.67. The van der Waals surface area contributed by atoms with Crippen LogP contribution in [0, 0.1) is 5.41 Å². The zero-order valence-electron chi connectivity index (χ0n) is 11.1. The molecule has 1 aromatic carbocycles. The molecule has 0 bridgehead atoms. The number of primary amides is 1. The third kappa shape index (κ3) is 2.97. The molecular weight excluding hydrogens is 262 g/mol. The van der Waals surface area contributed by atoms with Crippen LogP contribution in [0.1, 0.15) is 31.2 Å². The lowest BCUT2D eigenvalue weighted by Crippen LogP contribution is -2.36. The summed E-state index contributed by atoms with van der Waals surface area (Å²) < 4.78 is 22.8. The van der Waals surface area contributed by atoms with Crippen LogP contribution in [0.3, 0.4) is 0 Å². The highest BCUT2D eigenvalue weighted by atomic mass is 32.2. The largest absolute Gasteiger partial charge is 0.369 e. The summed E-state index contributed by atoms with van der Waals surface area (Å²) in [7, 11) is -3.17. The van der Waals surface area contributed by atoms with Crippen LogP contribution in [0.15, 0.2) is 29.2 Å². The van der Waals surface area contributed by atoms with E-state index in [0.29, 0.717) is 11.3 Å². The van der Waals surface area contributed by atoms with E-state index in [1.807, 2.05) is 0 Å². The first kappa shape index (κ1) is 14.1. The van der Waals surface area contributed by atoms with Crippen molar-refractivity contribution < 1.29 is 13.2 Å². The molecule has 104 valence electrons. The number of benzene rings is 1. The maximum atomic E-state index is 11.7. The van der Waals surface area contributed by atoms with Crippen molar-refractivity contribution in [3.05, 3.63) is 29.8 Å². The Morgan fingerprint density at radius 3 is 2.16 bits per heavy atom. The van der Waals surface area contributed by atoms with Gasteiger partial charge in [0.05, 0.1) is 10.3 Å². The van der Waals surface area contributed by atoms with E-state index in [2.05, 4.69) is 0 Å². The highest BCUT2D eigenvalue weighted by Gasteiger charge is 2.39. The predicted molar refractivity (Wildman–Crippen MR) is 73.4 cm³/mol. The van der Waals surface area contributed by atoms with E-state index in [4.69, 9.17) is 5.73 Å². The number of amides is 1. The van der Waals surface area contributed by atoms with Gasteiger partial charge < -0.3 is 5.73 Å². The summed E-state index contributed by atoms with van der Waals surface area (Å²) >= 11 is 0. The van der Waals surface area contributed by atoms with Gasteiger partial charge in [-0.2, -0.15) is 0 Å². The minimum atomic E-state index is -3.17. The fourth-order valence-corrected chi connectivity index (χ4v) is 3.44. The quantitative estimate of drug-likeness (QED) is 0.912. The maximum absolute atomic E-state index is 11.7. The summed E-state index contributed by atoms with van der Waals surface area (Å²) in [6.45, 7) is 0. The van der Waals surface area contributed by atoms with Gasteiger partial charge in [-0.1, -0.05) is 25.0 Å². The normalized spacial score (nSPS) is 18.4. The molecule has 0 aromatic heterocycles. The minimum absolute atomic E-state index is 0.239. The van der Waals surface area contributed by atoms with Crippen LogP contribution in [0.4, 0.5) is 0 Å². The number of hydrogen-bond acceptors (Lipinski definition) is 3. The summed E-state index contributed by atoms with van der Waals surface area (Å²) in [6, 6.07) is 6.74. The molecule has 0 spiro atoms. The molecule has 1 saturated carbocycles. The number of sulfone groups is 1.